The van der Waals surface area contributed by atoms with Crippen LogP contribution in [0.5, 0.6) is 5.75 Å². The molecule has 0 bridgehead atoms. The number of aldehydes is 1. The van der Waals surface area contributed by atoms with Gasteiger partial charge in [-0.3, -0.25) is 9.79 Å². The standard InChI is InChI=1S/C11H13NO2/c1-8-6-10(14-3)4-5-11(8)12-9(2)7-13/h4-7H,1-3H3. The highest BCUT2D eigenvalue weighted by Crippen LogP contribution is 2.23. The maximum absolute atomic E-state index is 10.4. The number of ether oxygens (including phenoxy) is 1. The first kappa shape index (κ1) is 10.4. The molecule has 3 nitrogen and oxygen atoms in total. The van der Waals surface area contributed by atoms with Crippen molar-refractivity contribution in [3.05, 3.63) is 23.8 Å². The van der Waals surface area contributed by atoms with Gasteiger partial charge in [0.2, 0.25) is 0 Å². The molecule has 1 rings (SSSR count). The van der Waals surface area contributed by atoms with E-state index >= 15 is 0 Å². The summed E-state index contributed by atoms with van der Waals surface area (Å²) >= 11 is 0. The molecule has 1 aromatic rings. The molecule has 0 fully saturated rings. The van der Waals surface area contributed by atoms with Crippen LogP contribution < -0.4 is 4.74 Å². The molecule has 0 spiro atoms. The first-order chi connectivity index (χ1) is 6.67. The summed E-state index contributed by atoms with van der Waals surface area (Å²) in [7, 11) is 1.62. The fraction of sp³-hybridized carbons (Fsp3) is 0.273. The van der Waals surface area contributed by atoms with Crippen molar-refractivity contribution in [3.8, 4) is 5.75 Å². The molecule has 3 heteroatoms. The first-order valence-corrected chi connectivity index (χ1v) is 4.32. The summed E-state index contributed by atoms with van der Waals surface area (Å²) < 4.78 is 5.06. The molecule has 0 atom stereocenters. The fourth-order valence-corrected chi connectivity index (χ4v) is 1.10. The number of nitrogens with zero attached hydrogens (tertiary/aromatic N) is 1. The molecule has 0 heterocycles. The number of hydrogen-bond acceptors (Lipinski definition) is 3. The fourth-order valence-electron chi connectivity index (χ4n) is 1.10. The third-order valence-corrected chi connectivity index (χ3v) is 1.87. The Kier molecular flexibility index (Phi) is 3.40. The monoisotopic (exact) mass is 191 g/mol. The van der Waals surface area contributed by atoms with E-state index in [0.29, 0.717) is 5.71 Å². The minimum absolute atomic E-state index is 0.471. The number of aliphatic imine (C=N–C) groups is 1. The lowest BCUT2D eigenvalue weighted by Gasteiger charge is -2.03. The van der Waals surface area contributed by atoms with Gasteiger partial charge >= 0.3 is 0 Å². The van der Waals surface area contributed by atoms with Gasteiger partial charge in [0.1, 0.15) is 5.75 Å². The van der Waals surface area contributed by atoms with E-state index in [4.69, 9.17) is 4.74 Å². The Morgan fingerprint density at radius 1 is 1.50 bits per heavy atom. The van der Waals surface area contributed by atoms with Crippen LogP contribution in [0.25, 0.3) is 0 Å². The number of aryl methyl sites for hydroxylation is 1. The van der Waals surface area contributed by atoms with Gasteiger partial charge < -0.3 is 4.74 Å². The lowest BCUT2D eigenvalue weighted by Crippen LogP contribution is -1.91. The lowest BCUT2D eigenvalue weighted by atomic mass is 10.2. The first-order valence-electron chi connectivity index (χ1n) is 4.32. The van der Waals surface area contributed by atoms with E-state index in [1.54, 1.807) is 14.0 Å². The Hall–Kier alpha value is -1.64. The largest absolute Gasteiger partial charge is 0.497 e. The molecule has 0 aliphatic heterocycles. The maximum atomic E-state index is 10.4. The lowest BCUT2D eigenvalue weighted by molar-refractivity contribution is -0.102. The highest BCUT2D eigenvalue weighted by Gasteiger charge is 1.99. The van der Waals surface area contributed by atoms with Crippen LogP contribution in [0.4, 0.5) is 5.69 Å². The molecule has 0 radical (unpaired) electrons. The molecule has 0 amide bonds. The summed E-state index contributed by atoms with van der Waals surface area (Å²) in [5.41, 5.74) is 2.26. The summed E-state index contributed by atoms with van der Waals surface area (Å²) in [4.78, 5) is 14.5. The smallest absolute Gasteiger partial charge is 0.163 e. The van der Waals surface area contributed by atoms with Gasteiger partial charge in [-0.25, -0.2) is 0 Å². The SMILES string of the molecule is COc1ccc(N=C(C)C=O)c(C)c1. The summed E-state index contributed by atoms with van der Waals surface area (Å²) in [5.74, 6) is 0.796. The second-order valence-corrected chi connectivity index (χ2v) is 3.02. The zero-order chi connectivity index (χ0) is 10.6. The van der Waals surface area contributed by atoms with Crippen LogP contribution >= 0.6 is 0 Å². The number of carbonyl (C=O) groups excluding carboxylic acids is 1. The van der Waals surface area contributed by atoms with Gasteiger partial charge in [-0.1, -0.05) is 0 Å². The van der Waals surface area contributed by atoms with E-state index in [1.807, 2.05) is 25.1 Å². The highest BCUT2D eigenvalue weighted by molar-refractivity contribution is 6.27. The van der Waals surface area contributed by atoms with Crippen molar-refractivity contribution in [1.29, 1.82) is 0 Å². The molecule has 0 unspecified atom stereocenters. The molecule has 0 aromatic heterocycles. The molecular weight excluding hydrogens is 178 g/mol. The molecular formula is C11H13NO2. The average Bonchev–Trinajstić information content (AvgIpc) is 2.20. The van der Waals surface area contributed by atoms with Crippen LogP contribution in [0, 0.1) is 6.92 Å². The van der Waals surface area contributed by atoms with Gasteiger partial charge in [-0.05, 0) is 37.6 Å². The molecule has 14 heavy (non-hydrogen) atoms. The third kappa shape index (κ3) is 2.42. The third-order valence-electron chi connectivity index (χ3n) is 1.87. The second-order valence-electron chi connectivity index (χ2n) is 3.02. The van der Waals surface area contributed by atoms with Crippen LogP contribution in [0.2, 0.25) is 0 Å². The van der Waals surface area contributed by atoms with Crippen molar-refractivity contribution in [2.45, 2.75) is 13.8 Å². The number of hydrogen-bond donors (Lipinski definition) is 0. The van der Waals surface area contributed by atoms with Crippen LogP contribution in [-0.2, 0) is 4.79 Å². The Morgan fingerprint density at radius 3 is 2.71 bits per heavy atom. The summed E-state index contributed by atoms with van der Waals surface area (Å²) in [5, 5.41) is 0. The Morgan fingerprint density at radius 2 is 2.21 bits per heavy atom. The Balaban J connectivity index is 3.06. The number of methoxy groups -OCH3 is 1. The molecule has 0 N–H and O–H groups in total. The molecule has 0 aliphatic carbocycles. The predicted molar refractivity (Wildman–Crippen MR) is 56.6 cm³/mol. The van der Waals surface area contributed by atoms with Crippen molar-refractivity contribution >= 4 is 17.7 Å². The Bertz CT molecular complexity index is 370. The highest BCUT2D eigenvalue weighted by atomic mass is 16.5. The van der Waals surface area contributed by atoms with Crippen molar-refractivity contribution in [1.82, 2.24) is 0 Å². The Labute approximate surface area is 83.4 Å². The van der Waals surface area contributed by atoms with Gasteiger partial charge in [0.05, 0.1) is 18.5 Å². The maximum Gasteiger partial charge on any atom is 0.163 e. The topological polar surface area (TPSA) is 38.7 Å². The summed E-state index contributed by atoms with van der Waals surface area (Å²) in [6.45, 7) is 3.61. The van der Waals surface area contributed by atoms with E-state index < -0.39 is 0 Å². The molecule has 0 saturated carbocycles. The van der Waals surface area contributed by atoms with Crippen LogP contribution in [0.15, 0.2) is 23.2 Å². The van der Waals surface area contributed by atoms with Crippen molar-refractivity contribution < 1.29 is 9.53 Å². The van der Waals surface area contributed by atoms with Crippen LogP contribution in [-0.4, -0.2) is 19.1 Å². The van der Waals surface area contributed by atoms with Gasteiger partial charge in [0.25, 0.3) is 0 Å². The molecule has 1 aromatic carbocycles. The van der Waals surface area contributed by atoms with Gasteiger partial charge in [-0.15, -0.1) is 0 Å². The molecule has 0 aliphatic rings. The predicted octanol–water partition coefficient (Wildman–Crippen LogP) is 2.29. The normalized spacial score (nSPS) is 11.2. The van der Waals surface area contributed by atoms with Crippen molar-refractivity contribution in [3.63, 3.8) is 0 Å². The number of carbonyl (C=O) groups is 1. The summed E-state index contributed by atoms with van der Waals surface area (Å²) in [6, 6.07) is 5.54. The second kappa shape index (κ2) is 4.56. The van der Waals surface area contributed by atoms with Gasteiger partial charge in [0.15, 0.2) is 6.29 Å². The summed E-state index contributed by atoms with van der Waals surface area (Å²) in [6.07, 6.45) is 0.740. The molecule has 0 saturated heterocycles. The zero-order valence-electron chi connectivity index (χ0n) is 8.57. The quantitative estimate of drug-likeness (QED) is 0.543. The zero-order valence-corrected chi connectivity index (χ0v) is 8.57. The van der Waals surface area contributed by atoms with Gasteiger partial charge in [0, 0.05) is 0 Å². The van der Waals surface area contributed by atoms with Gasteiger partial charge in [-0.2, -0.15) is 0 Å². The van der Waals surface area contributed by atoms with Crippen molar-refractivity contribution in [2.75, 3.05) is 7.11 Å². The van der Waals surface area contributed by atoms with E-state index in [1.165, 1.54) is 0 Å². The van der Waals surface area contributed by atoms with Crippen LogP contribution in [0.1, 0.15) is 12.5 Å². The minimum atomic E-state index is 0.471. The minimum Gasteiger partial charge on any atom is -0.497 e. The average molecular weight is 191 g/mol. The van der Waals surface area contributed by atoms with Crippen LogP contribution in [0.3, 0.4) is 0 Å². The number of rotatable bonds is 3. The van der Waals surface area contributed by atoms with E-state index in [0.717, 1.165) is 23.3 Å². The van der Waals surface area contributed by atoms with Crippen molar-refractivity contribution in [2.24, 2.45) is 4.99 Å². The molecule has 74 valence electrons. The number of benzene rings is 1. The van der Waals surface area contributed by atoms with E-state index in [9.17, 15) is 4.79 Å². The van der Waals surface area contributed by atoms with E-state index in [2.05, 4.69) is 4.99 Å². The van der Waals surface area contributed by atoms with E-state index in [-0.39, 0.29) is 0 Å².